The SMILES string of the molecule is CCNc1ncnc(N2CC(C)CCC2C)c1CC. The number of hydrogen-bond acceptors (Lipinski definition) is 4. The largest absolute Gasteiger partial charge is 0.370 e. The molecule has 4 nitrogen and oxygen atoms in total. The number of nitrogens with one attached hydrogen (secondary N) is 1. The molecule has 4 heteroatoms. The summed E-state index contributed by atoms with van der Waals surface area (Å²) < 4.78 is 0. The van der Waals surface area contributed by atoms with Crippen molar-refractivity contribution in [1.29, 1.82) is 0 Å². The van der Waals surface area contributed by atoms with Gasteiger partial charge in [0, 0.05) is 24.7 Å². The van der Waals surface area contributed by atoms with Crippen molar-refractivity contribution in [2.75, 3.05) is 23.3 Å². The molecule has 1 fully saturated rings. The minimum atomic E-state index is 0.575. The Morgan fingerprint density at radius 2 is 2.05 bits per heavy atom. The van der Waals surface area contributed by atoms with E-state index < -0.39 is 0 Å². The molecule has 0 radical (unpaired) electrons. The summed E-state index contributed by atoms with van der Waals surface area (Å²) in [6.07, 6.45) is 5.24. The molecule has 106 valence electrons. The van der Waals surface area contributed by atoms with Crippen molar-refractivity contribution in [2.45, 2.75) is 53.0 Å². The van der Waals surface area contributed by atoms with E-state index >= 15 is 0 Å². The van der Waals surface area contributed by atoms with Gasteiger partial charge in [0.25, 0.3) is 0 Å². The molecule has 19 heavy (non-hydrogen) atoms. The number of piperidine rings is 1. The molecule has 0 amide bonds. The van der Waals surface area contributed by atoms with E-state index in [0.29, 0.717) is 6.04 Å². The van der Waals surface area contributed by atoms with Gasteiger partial charge >= 0.3 is 0 Å². The lowest BCUT2D eigenvalue weighted by molar-refractivity contribution is 0.387. The van der Waals surface area contributed by atoms with Crippen molar-refractivity contribution in [3.05, 3.63) is 11.9 Å². The molecule has 1 aliphatic rings. The molecule has 2 heterocycles. The Balaban J connectivity index is 2.34. The first-order valence-corrected chi connectivity index (χ1v) is 7.51. The van der Waals surface area contributed by atoms with Crippen molar-refractivity contribution in [2.24, 2.45) is 5.92 Å². The molecule has 0 bridgehead atoms. The van der Waals surface area contributed by atoms with Gasteiger partial charge < -0.3 is 10.2 Å². The monoisotopic (exact) mass is 262 g/mol. The van der Waals surface area contributed by atoms with Gasteiger partial charge in [0.05, 0.1) is 0 Å². The number of anilines is 2. The Hall–Kier alpha value is -1.32. The molecule has 0 saturated carbocycles. The summed E-state index contributed by atoms with van der Waals surface area (Å²) in [5.74, 6) is 2.88. The molecule has 0 spiro atoms. The third-order valence-electron chi connectivity index (χ3n) is 4.01. The zero-order chi connectivity index (χ0) is 13.8. The second-order valence-corrected chi connectivity index (χ2v) is 5.59. The highest BCUT2D eigenvalue weighted by atomic mass is 15.2. The molecule has 0 aromatic carbocycles. The highest BCUT2D eigenvalue weighted by molar-refractivity contribution is 5.59. The summed E-state index contributed by atoms with van der Waals surface area (Å²) in [4.78, 5) is 11.4. The average molecular weight is 262 g/mol. The Morgan fingerprint density at radius 1 is 1.26 bits per heavy atom. The van der Waals surface area contributed by atoms with Gasteiger partial charge in [0.1, 0.15) is 18.0 Å². The fourth-order valence-corrected chi connectivity index (χ4v) is 2.88. The predicted octanol–water partition coefficient (Wildman–Crippen LogP) is 3.10. The molecule has 1 aliphatic heterocycles. The molecular weight excluding hydrogens is 236 g/mol. The van der Waals surface area contributed by atoms with Crippen molar-refractivity contribution in [3.63, 3.8) is 0 Å². The van der Waals surface area contributed by atoms with Crippen LogP contribution in [0.15, 0.2) is 6.33 Å². The van der Waals surface area contributed by atoms with E-state index in [1.807, 2.05) is 0 Å². The van der Waals surface area contributed by atoms with Crippen LogP contribution in [0.5, 0.6) is 0 Å². The lowest BCUT2D eigenvalue weighted by Crippen LogP contribution is -2.42. The Kier molecular flexibility index (Phi) is 4.61. The second kappa shape index (κ2) is 6.22. The topological polar surface area (TPSA) is 41.1 Å². The maximum atomic E-state index is 4.58. The maximum absolute atomic E-state index is 4.58. The van der Waals surface area contributed by atoms with E-state index in [-0.39, 0.29) is 0 Å². The lowest BCUT2D eigenvalue weighted by atomic mass is 9.94. The van der Waals surface area contributed by atoms with Gasteiger partial charge in [0.2, 0.25) is 0 Å². The minimum absolute atomic E-state index is 0.575. The van der Waals surface area contributed by atoms with Crippen LogP contribution in [0.4, 0.5) is 11.6 Å². The van der Waals surface area contributed by atoms with Gasteiger partial charge in [-0.2, -0.15) is 0 Å². The van der Waals surface area contributed by atoms with Crippen LogP contribution in [0, 0.1) is 5.92 Å². The Morgan fingerprint density at radius 3 is 2.74 bits per heavy atom. The molecule has 1 saturated heterocycles. The minimum Gasteiger partial charge on any atom is -0.370 e. The van der Waals surface area contributed by atoms with Crippen LogP contribution >= 0.6 is 0 Å². The van der Waals surface area contributed by atoms with E-state index in [1.165, 1.54) is 18.4 Å². The van der Waals surface area contributed by atoms with Crippen LogP contribution in [0.2, 0.25) is 0 Å². The van der Waals surface area contributed by atoms with Crippen LogP contribution in [-0.2, 0) is 6.42 Å². The Bertz CT molecular complexity index is 419. The summed E-state index contributed by atoms with van der Waals surface area (Å²) in [6, 6.07) is 0.575. The van der Waals surface area contributed by atoms with Crippen molar-refractivity contribution in [3.8, 4) is 0 Å². The summed E-state index contributed by atoms with van der Waals surface area (Å²) in [6.45, 7) is 10.9. The van der Waals surface area contributed by atoms with Crippen molar-refractivity contribution in [1.82, 2.24) is 9.97 Å². The van der Waals surface area contributed by atoms with Gasteiger partial charge in [-0.15, -0.1) is 0 Å². The molecule has 2 atom stereocenters. The maximum Gasteiger partial charge on any atom is 0.137 e. The predicted molar refractivity (Wildman–Crippen MR) is 80.8 cm³/mol. The van der Waals surface area contributed by atoms with E-state index in [1.54, 1.807) is 6.33 Å². The zero-order valence-corrected chi connectivity index (χ0v) is 12.6. The molecular formula is C15H26N4. The Labute approximate surface area is 116 Å². The van der Waals surface area contributed by atoms with Gasteiger partial charge in [-0.1, -0.05) is 13.8 Å². The van der Waals surface area contributed by atoms with Crippen LogP contribution < -0.4 is 10.2 Å². The summed E-state index contributed by atoms with van der Waals surface area (Å²) in [5, 5.41) is 3.35. The van der Waals surface area contributed by atoms with E-state index in [2.05, 4.69) is 47.9 Å². The zero-order valence-electron chi connectivity index (χ0n) is 12.6. The van der Waals surface area contributed by atoms with Crippen molar-refractivity contribution < 1.29 is 0 Å². The average Bonchev–Trinajstić information content (AvgIpc) is 2.41. The lowest BCUT2D eigenvalue weighted by Gasteiger charge is -2.38. The van der Waals surface area contributed by atoms with Crippen LogP contribution in [0.25, 0.3) is 0 Å². The fraction of sp³-hybridized carbons (Fsp3) is 0.733. The van der Waals surface area contributed by atoms with Gasteiger partial charge in [-0.25, -0.2) is 9.97 Å². The molecule has 1 aromatic heterocycles. The number of aromatic nitrogens is 2. The van der Waals surface area contributed by atoms with Crippen LogP contribution in [-0.4, -0.2) is 29.1 Å². The number of nitrogens with zero attached hydrogens (tertiary/aromatic N) is 3. The molecule has 0 aliphatic carbocycles. The quantitative estimate of drug-likeness (QED) is 0.905. The second-order valence-electron chi connectivity index (χ2n) is 5.59. The highest BCUT2D eigenvalue weighted by Gasteiger charge is 2.26. The molecule has 1 N–H and O–H groups in total. The van der Waals surface area contributed by atoms with Gasteiger partial charge in [-0.05, 0) is 39.0 Å². The van der Waals surface area contributed by atoms with Crippen molar-refractivity contribution >= 4 is 11.6 Å². The summed E-state index contributed by atoms with van der Waals surface area (Å²) in [5.41, 5.74) is 1.25. The number of hydrogen-bond donors (Lipinski definition) is 1. The van der Waals surface area contributed by atoms with E-state index in [4.69, 9.17) is 0 Å². The first kappa shape index (κ1) is 14.1. The van der Waals surface area contributed by atoms with E-state index in [0.717, 1.165) is 37.1 Å². The fourth-order valence-electron chi connectivity index (χ4n) is 2.88. The van der Waals surface area contributed by atoms with Gasteiger partial charge in [-0.3, -0.25) is 0 Å². The van der Waals surface area contributed by atoms with Crippen LogP contribution in [0.3, 0.4) is 0 Å². The first-order chi connectivity index (χ1) is 9.17. The smallest absolute Gasteiger partial charge is 0.137 e. The normalized spacial score (nSPS) is 23.5. The molecule has 1 aromatic rings. The highest BCUT2D eigenvalue weighted by Crippen LogP contribution is 2.31. The standard InChI is InChI=1S/C15H26N4/c1-5-13-14(16-6-2)17-10-18-15(13)19-9-11(3)7-8-12(19)4/h10-12H,5-9H2,1-4H3,(H,16,17,18). The summed E-state index contributed by atoms with van der Waals surface area (Å²) >= 11 is 0. The van der Waals surface area contributed by atoms with E-state index in [9.17, 15) is 0 Å². The van der Waals surface area contributed by atoms with Crippen LogP contribution in [0.1, 0.15) is 46.1 Å². The summed E-state index contributed by atoms with van der Waals surface area (Å²) in [7, 11) is 0. The third-order valence-corrected chi connectivity index (χ3v) is 4.01. The molecule has 2 unspecified atom stereocenters. The molecule has 2 rings (SSSR count). The van der Waals surface area contributed by atoms with Gasteiger partial charge in [0.15, 0.2) is 0 Å². The first-order valence-electron chi connectivity index (χ1n) is 7.51. The number of rotatable bonds is 4. The third kappa shape index (κ3) is 2.99.